The molecule has 0 atom stereocenters. The summed E-state index contributed by atoms with van der Waals surface area (Å²) >= 11 is 5.98. The highest BCUT2D eigenvalue weighted by Gasteiger charge is 2.15. The third-order valence-electron chi connectivity index (χ3n) is 3.09. The van der Waals surface area contributed by atoms with E-state index in [1.165, 1.54) is 0 Å². The summed E-state index contributed by atoms with van der Waals surface area (Å²) in [6.45, 7) is 4.67. The van der Waals surface area contributed by atoms with Gasteiger partial charge in [0.25, 0.3) is 5.91 Å². The van der Waals surface area contributed by atoms with Gasteiger partial charge in [0.15, 0.2) is 0 Å². The monoisotopic (exact) mass is 303 g/mol. The van der Waals surface area contributed by atoms with E-state index in [0.29, 0.717) is 23.1 Å². The van der Waals surface area contributed by atoms with Gasteiger partial charge in [-0.3, -0.25) is 4.79 Å². The van der Waals surface area contributed by atoms with Crippen LogP contribution in [0.25, 0.3) is 0 Å². The van der Waals surface area contributed by atoms with Gasteiger partial charge in [0, 0.05) is 24.8 Å². The number of aryl methyl sites for hydroxylation is 1. The number of nitrogens with one attached hydrogen (secondary N) is 1. The third kappa shape index (κ3) is 3.73. The van der Waals surface area contributed by atoms with Crippen LogP contribution in [-0.4, -0.2) is 24.5 Å². The maximum Gasteiger partial charge on any atom is 0.258 e. The molecule has 0 unspecified atom stereocenters. The zero-order valence-corrected chi connectivity index (χ0v) is 13.1. The lowest BCUT2D eigenvalue weighted by Crippen LogP contribution is -2.26. The lowest BCUT2D eigenvalue weighted by atomic mass is 10.2. The maximum atomic E-state index is 12.6. The van der Waals surface area contributed by atoms with Gasteiger partial charge in [-0.1, -0.05) is 23.7 Å². The van der Waals surface area contributed by atoms with Crippen LogP contribution in [0, 0.1) is 6.92 Å². The first-order valence-corrected chi connectivity index (χ1v) is 7.15. The van der Waals surface area contributed by atoms with Gasteiger partial charge in [-0.05, 0) is 43.7 Å². The van der Waals surface area contributed by atoms with Crippen molar-refractivity contribution in [3.05, 3.63) is 52.7 Å². The van der Waals surface area contributed by atoms with Crippen LogP contribution in [0.1, 0.15) is 22.8 Å². The number of halogens is 1. The number of carbonyl (C=O) groups excluding carboxylic acids is 1. The van der Waals surface area contributed by atoms with E-state index in [2.05, 4.69) is 10.3 Å². The van der Waals surface area contributed by atoms with Crippen molar-refractivity contribution in [3.8, 4) is 0 Å². The Hall–Kier alpha value is -2.07. The summed E-state index contributed by atoms with van der Waals surface area (Å²) in [5, 5.41) is 3.37. The lowest BCUT2D eigenvalue weighted by Gasteiger charge is -2.18. The Kier molecular flexibility index (Phi) is 4.81. The molecular formula is C16H18ClN3O. The van der Waals surface area contributed by atoms with Gasteiger partial charge in [-0.2, -0.15) is 0 Å². The lowest BCUT2D eigenvalue weighted by molar-refractivity contribution is 0.0993. The molecule has 0 aliphatic heterocycles. The molecule has 1 amide bonds. The van der Waals surface area contributed by atoms with E-state index in [1.54, 1.807) is 24.1 Å². The van der Waals surface area contributed by atoms with E-state index in [1.807, 2.05) is 38.1 Å². The Morgan fingerprint density at radius 3 is 2.76 bits per heavy atom. The summed E-state index contributed by atoms with van der Waals surface area (Å²) in [7, 11) is 1.75. The van der Waals surface area contributed by atoms with Crippen molar-refractivity contribution in [1.29, 1.82) is 0 Å². The molecule has 0 radical (unpaired) electrons. The fourth-order valence-electron chi connectivity index (χ4n) is 2.04. The van der Waals surface area contributed by atoms with Crippen LogP contribution < -0.4 is 10.2 Å². The molecule has 5 heteroatoms. The second kappa shape index (κ2) is 6.59. The van der Waals surface area contributed by atoms with Crippen molar-refractivity contribution in [2.75, 3.05) is 23.8 Å². The normalized spacial score (nSPS) is 10.3. The number of benzene rings is 1. The number of hydrogen-bond acceptors (Lipinski definition) is 3. The summed E-state index contributed by atoms with van der Waals surface area (Å²) in [6.07, 6.45) is 0. The molecule has 110 valence electrons. The highest BCUT2D eigenvalue weighted by Crippen LogP contribution is 2.20. The van der Waals surface area contributed by atoms with E-state index in [9.17, 15) is 4.79 Å². The summed E-state index contributed by atoms with van der Waals surface area (Å²) in [5.74, 6) is 0.482. The average Bonchev–Trinajstić information content (AvgIpc) is 2.45. The Morgan fingerprint density at radius 2 is 2.10 bits per heavy atom. The topological polar surface area (TPSA) is 45.2 Å². The van der Waals surface area contributed by atoms with Gasteiger partial charge in [0.05, 0.1) is 0 Å². The van der Waals surface area contributed by atoms with Crippen LogP contribution in [0.2, 0.25) is 5.15 Å². The van der Waals surface area contributed by atoms with E-state index in [-0.39, 0.29) is 5.91 Å². The molecule has 21 heavy (non-hydrogen) atoms. The first-order valence-electron chi connectivity index (χ1n) is 6.77. The van der Waals surface area contributed by atoms with Crippen molar-refractivity contribution in [2.45, 2.75) is 13.8 Å². The molecule has 1 aromatic carbocycles. The molecule has 0 aliphatic rings. The number of pyridine rings is 1. The number of anilines is 2. The molecule has 1 heterocycles. The minimum absolute atomic E-state index is 0.121. The Balaban J connectivity index is 2.31. The van der Waals surface area contributed by atoms with E-state index < -0.39 is 0 Å². The molecule has 2 aromatic rings. The quantitative estimate of drug-likeness (QED) is 0.875. The van der Waals surface area contributed by atoms with Gasteiger partial charge in [-0.15, -0.1) is 0 Å². The summed E-state index contributed by atoms with van der Waals surface area (Å²) < 4.78 is 0. The van der Waals surface area contributed by atoms with Crippen molar-refractivity contribution < 1.29 is 4.79 Å². The minimum atomic E-state index is -0.121. The second-order valence-electron chi connectivity index (χ2n) is 4.80. The Morgan fingerprint density at radius 1 is 1.33 bits per heavy atom. The number of rotatable bonds is 4. The first-order chi connectivity index (χ1) is 10.0. The molecule has 4 nitrogen and oxygen atoms in total. The van der Waals surface area contributed by atoms with Gasteiger partial charge >= 0.3 is 0 Å². The van der Waals surface area contributed by atoms with Crippen LogP contribution in [-0.2, 0) is 0 Å². The van der Waals surface area contributed by atoms with Crippen molar-refractivity contribution in [1.82, 2.24) is 4.98 Å². The molecule has 0 saturated carbocycles. The van der Waals surface area contributed by atoms with Gasteiger partial charge in [-0.25, -0.2) is 4.98 Å². The van der Waals surface area contributed by atoms with Gasteiger partial charge in [0.1, 0.15) is 11.0 Å². The predicted molar refractivity (Wildman–Crippen MR) is 87.3 cm³/mol. The molecule has 0 aliphatic carbocycles. The van der Waals surface area contributed by atoms with Gasteiger partial charge in [0.2, 0.25) is 0 Å². The van der Waals surface area contributed by atoms with Crippen molar-refractivity contribution in [3.63, 3.8) is 0 Å². The molecule has 0 saturated heterocycles. The fraction of sp³-hybridized carbons (Fsp3) is 0.250. The number of aromatic nitrogens is 1. The number of nitrogens with zero attached hydrogens (tertiary/aromatic N) is 2. The molecule has 1 aromatic heterocycles. The average molecular weight is 304 g/mol. The zero-order valence-electron chi connectivity index (χ0n) is 12.4. The van der Waals surface area contributed by atoms with Gasteiger partial charge < -0.3 is 10.2 Å². The smallest absolute Gasteiger partial charge is 0.258 e. The molecular weight excluding hydrogens is 286 g/mol. The highest BCUT2D eigenvalue weighted by molar-refractivity contribution is 6.30. The van der Waals surface area contributed by atoms with Crippen LogP contribution in [0.3, 0.4) is 0 Å². The third-order valence-corrected chi connectivity index (χ3v) is 3.29. The molecule has 0 bridgehead atoms. The summed E-state index contributed by atoms with van der Waals surface area (Å²) in [6, 6.07) is 11.1. The Bertz CT molecular complexity index is 658. The van der Waals surface area contributed by atoms with Crippen molar-refractivity contribution >= 4 is 29.0 Å². The van der Waals surface area contributed by atoms with E-state index in [0.717, 1.165) is 11.3 Å². The second-order valence-corrected chi connectivity index (χ2v) is 5.18. The molecule has 0 spiro atoms. The van der Waals surface area contributed by atoms with Crippen LogP contribution >= 0.6 is 11.6 Å². The predicted octanol–water partition coefficient (Wildman–Crippen LogP) is 3.75. The van der Waals surface area contributed by atoms with Crippen LogP contribution in [0.5, 0.6) is 0 Å². The number of hydrogen-bond donors (Lipinski definition) is 1. The maximum absolute atomic E-state index is 12.6. The molecule has 2 rings (SSSR count). The summed E-state index contributed by atoms with van der Waals surface area (Å²) in [4.78, 5) is 18.3. The number of carbonyl (C=O) groups is 1. The number of amides is 1. The summed E-state index contributed by atoms with van der Waals surface area (Å²) in [5.41, 5.74) is 2.46. The molecule has 0 fully saturated rings. The van der Waals surface area contributed by atoms with Crippen LogP contribution in [0.4, 0.5) is 11.5 Å². The minimum Gasteiger partial charge on any atom is -0.370 e. The zero-order chi connectivity index (χ0) is 15.4. The first kappa shape index (κ1) is 15.3. The fourth-order valence-corrected chi connectivity index (χ4v) is 2.25. The molecule has 1 N–H and O–H groups in total. The van der Waals surface area contributed by atoms with Crippen LogP contribution in [0.15, 0.2) is 36.4 Å². The largest absolute Gasteiger partial charge is 0.370 e. The SMILES string of the molecule is CCNc1cc(C(=O)N(C)c2cccc(C)c2)cc(Cl)n1. The standard InChI is InChI=1S/C16H18ClN3O/c1-4-18-15-10-12(9-14(17)19-15)16(21)20(3)13-7-5-6-11(2)8-13/h5-10H,4H2,1-3H3,(H,18,19). The highest BCUT2D eigenvalue weighted by atomic mass is 35.5. The van der Waals surface area contributed by atoms with E-state index in [4.69, 9.17) is 11.6 Å². The van der Waals surface area contributed by atoms with Crippen molar-refractivity contribution in [2.24, 2.45) is 0 Å². The van der Waals surface area contributed by atoms with E-state index >= 15 is 0 Å². The Labute approximate surface area is 129 Å².